The monoisotopic (exact) mass is 564 g/mol. The maximum absolute atomic E-state index is 13.6. The van der Waals surface area contributed by atoms with Crippen LogP contribution in [0.1, 0.15) is 56.3 Å². The van der Waals surface area contributed by atoms with E-state index in [9.17, 15) is 14.7 Å². The number of benzene rings is 2. The molecular weight excluding hydrogens is 524 g/mol. The number of amides is 1. The van der Waals surface area contributed by atoms with Crippen LogP contribution in [-0.2, 0) is 20.7 Å². The molecule has 2 aromatic carbocycles. The van der Waals surface area contributed by atoms with Crippen LogP contribution >= 0.6 is 0 Å². The Morgan fingerprint density at radius 2 is 1.83 bits per heavy atom. The summed E-state index contributed by atoms with van der Waals surface area (Å²) in [6.07, 6.45) is 2.68. The van der Waals surface area contributed by atoms with Crippen LogP contribution in [0.15, 0.2) is 42.0 Å². The first kappa shape index (κ1) is 29.0. The molecule has 9 nitrogen and oxygen atoms in total. The average Bonchev–Trinajstić information content (AvgIpc) is 3.48. The Bertz CT molecular complexity index is 1300. The lowest BCUT2D eigenvalue weighted by molar-refractivity contribution is -0.140. The van der Waals surface area contributed by atoms with E-state index in [1.54, 1.807) is 11.0 Å². The van der Waals surface area contributed by atoms with Gasteiger partial charge in [0, 0.05) is 38.2 Å². The quantitative estimate of drug-likeness (QED) is 0.186. The lowest BCUT2D eigenvalue weighted by Gasteiger charge is -2.31. The lowest BCUT2D eigenvalue weighted by atomic mass is 9.94. The van der Waals surface area contributed by atoms with Gasteiger partial charge in [-0.15, -0.1) is 0 Å². The highest BCUT2D eigenvalue weighted by molar-refractivity contribution is 6.46. The number of unbranched alkanes of at least 4 members (excludes halogenated alkanes) is 1. The van der Waals surface area contributed by atoms with E-state index in [0.717, 1.165) is 37.2 Å². The van der Waals surface area contributed by atoms with Gasteiger partial charge in [-0.25, -0.2) is 0 Å². The summed E-state index contributed by atoms with van der Waals surface area (Å²) in [7, 11) is 0. The first-order valence-corrected chi connectivity index (χ1v) is 14.7. The minimum absolute atomic E-state index is 0.0446. The second kappa shape index (κ2) is 13.0. The van der Waals surface area contributed by atoms with Crippen molar-refractivity contribution >= 4 is 17.4 Å². The number of ketones is 1. The summed E-state index contributed by atoms with van der Waals surface area (Å²) in [6, 6.07) is 10.1. The maximum atomic E-state index is 13.6. The third-order valence-electron chi connectivity index (χ3n) is 7.81. The molecule has 0 saturated carbocycles. The minimum atomic E-state index is -0.775. The smallest absolute Gasteiger partial charge is 0.295 e. The van der Waals surface area contributed by atoms with E-state index >= 15 is 0 Å². The number of aliphatic hydroxyl groups excluding tert-OH is 1. The zero-order chi connectivity index (χ0) is 28.9. The Morgan fingerprint density at radius 1 is 1.02 bits per heavy atom. The summed E-state index contributed by atoms with van der Waals surface area (Å²) in [5.41, 5.74) is 2.21. The Balaban J connectivity index is 1.54. The molecular formula is C32H40N2O7. The van der Waals surface area contributed by atoms with Crippen LogP contribution in [0.2, 0.25) is 0 Å². The molecule has 0 unspecified atom stereocenters. The summed E-state index contributed by atoms with van der Waals surface area (Å²) in [5, 5.41) is 11.6. The summed E-state index contributed by atoms with van der Waals surface area (Å²) < 4.78 is 23.2. The molecule has 0 aromatic heterocycles. The van der Waals surface area contributed by atoms with Crippen LogP contribution < -0.4 is 14.2 Å². The highest BCUT2D eigenvalue weighted by Crippen LogP contribution is 2.43. The summed E-state index contributed by atoms with van der Waals surface area (Å²) in [5.74, 6) is 0.429. The molecule has 220 valence electrons. The van der Waals surface area contributed by atoms with Crippen molar-refractivity contribution < 1.29 is 33.6 Å². The number of fused-ring (bicyclic) bond motifs is 1. The van der Waals surface area contributed by atoms with Crippen molar-refractivity contribution in [3.05, 3.63) is 58.7 Å². The number of ether oxygens (including phenoxy) is 4. The second-order valence-corrected chi connectivity index (χ2v) is 10.7. The zero-order valence-electron chi connectivity index (χ0n) is 24.2. The number of hydrogen-bond acceptors (Lipinski definition) is 8. The molecule has 2 saturated heterocycles. The van der Waals surface area contributed by atoms with E-state index in [4.69, 9.17) is 18.9 Å². The van der Waals surface area contributed by atoms with Crippen molar-refractivity contribution in [2.24, 2.45) is 0 Å². The predicted octanol–water partition coefficient (Wildman–Crippen LogP) is 4.34. The Labute approximate surface area is 241 Å². The number of rotatable bonds is 11. The summed E-state index contributed by atoms with van der Waals surface area (Å²) in [6.45, 7) is 10.7. The third kappa shape index (κ3) is 6.21. The molecule has 3 aliphatic heterocycles. The van der Waals surface area contributed by atoms with E-state index in [2.05, 4.69) is 11.8 Å². The molecule has 3 aliphatic rings. The van der Waals surface area contributed by atoms with E-state index in [0.29, 0.717) is 68.6 Å². The van der Waals surface area contributed by atoms with Crippen molar-refractivity contribution in [1.29, 1.82) is 0 Å². The summed E-state index contributed by atoms with van der Waals surface area (Å²) >= 11 is 0. The van der Waals surface area contributed by atoms with Crippen molar-refractivity contribution in [3.63, 3.8) is 0 Å². The molecule has 0 aliphatic carbocycles. The topological polar surface area (TPSA) is 97.8 Å². The third-order valence-corrected chi connectivity index (χ3v) is 7.81. The van der Waals surface area contributed by atoms with Gasteiger partial charge in [0.2, 0.25) is 0 Å². The van der Waals surface area contributed by atoms with Gasteiger partial charge in [0.25, 0.3) is 11.7 Å². The lowest BCUT2D eigenvalue weighted by Crippen LogP contribution is -2.42. The van der Waals surface area contributed by atoms with E-state index in [1.165, 1.54) is 0 Å². The fraction of sp³-hybridized carbons (Fsp3) is 0.500. The number of Topliss-reactive ketones (excluding diaryl/α,β-unsaturated/α-hetero) is 1. The average molecular weight is 565 g/mol. The number of likely N-dealkylation sites (tertiary alicyclic amines) is 1. The van der Waals surface area contributed by atoms with Gasteiger partial charge in [-0.3, -0.25) is 14.5 Å². The molecule has 0 bridgehead atoms. The standard InChI is InChI=1S/C32H40N2O7/c1-4-6-15-40-26-10-7-22(20-27(26)39-5-2)29-28(30(35)23-8-9-25-24(19-23)18-21(3)41-25)31(36)32(37)34(29)12-11-33-13-16-38-17-14-33/h7-10,19-21,29,35H,4-6,11-18H2,1-3H3/t21-,29+/m0/s1. The molecule has 2 aromatic rings. The summed E-state index contributed by atoms with van der Waals surface area (Å²) in [4.78, 5) is 30.9. The molecule has 3 heterocycles. The fourth-order valence-electron chi connectivity index (χ4n) is 5.66. The van der Waals surface area contributed by atoms with E-state index in [1.807, 2.05) is 44.2 Å². The number of hydrogen-bond donors (Lipinski definition) is 1. The van der Waals surface area contributed by atoms with Gasteiger partial charge in [0.15, 0.2) is 11.5 Å². The highest BCUT2D eigenvalue weighted by Gasteiger charge is 2.46. The van der Waals surface area contributed by atoms with Crippen LogP contribution in [0.3, 0.4) is 0 Å². The normalized spacial score (nSPS) is 22.1. The van der Waals surface area contributed by atoms with Crippen molar-refractivity contribution in [2.45, 2.75) is 52.2 Å². The highest BCUT2D eigenvalue weighted by atomic mass is 16.5. The fourth-order valence-corrected chi connectivity index (χ4v) is 5.66. The van der Waals surface area contributed by atoms with Gasteiger partial charge < -0.3 is 29.0 Å². The molecule has 1 N–H and O–H groups in total. The zero-order valence-corrected chi connectivity index (χ0v) is 24.2. The number of carbonyl (C=O) groups excluding carboxylic acids is 2. The first-order chi connectivity index (χ1) is 19.9. The van der Waals surface area contributed by atoms with Crippen molar-refractivity contribution in [2.75, 3.05) is 52.6 Å². The Kier molecular flexibility index (Phi) is 9.15. The number of nitrogens with zero attached hydrogens (tertiary/aromatic N) is 2. The van der Waals surface area contributed by atoms with E-state index < -0.39 is 17.7 Å². The Morgan fingerprint density at radius 3 is 2.59 bits per heavy atom. The van der Waals surface area contributed by atoms with Gasteiger partial charge in [-0.1, -0.05) is 19.4 Å². The number of aliphatic hydroxyl groups is 1. The molecule has 1 amide bonds. The van der Waals surface area contributed by atoms with Crippen LogP contribution in [0.5, 0.6) is 17.2 Å². The molecule has 41 heavy (non-hydrogen) atoms. The van der Waals surface area contributed by atoms with Crippen LogP contribution in [-0.4, -0.2) is 85.3 Å². The van der Waals surface area contributed by atoms with Crippen molar-refractivity contribution in [3.8, 4) is 17.2 Å². The first-order valence-electron chi connectivity index (χ1n) is 14.7. The van der Waals surface area contributed by atoms with Gasteiger partial charge >= 0.3 is 0 Å². The minimum Gasteiger partial charge on any atom is -0.507 e. The predicted molar refractivity (Wildman–Crippen MR) is 155 cm³/mol. The molecule has 9 heteroatoms. The molecule has 2 fully saturated rings. The van der Waals surface area contributed by atoms with Crippen LogP contribution in [0.4, 0.5) is 0 Å². The molecule has 0 radical (unpaired) electrons. The van der Waals surface area contributed by atoms with Gasteiger partial charge in [0.05, 0.1) is 38.0 Å². The maximum Gasteiger partial charge on any atom is 0.295 e. The largest absolute Gasteiger partial charge is 0.507 e. The second-order valence-electron chi connectivity index (χ2n) is 10.7. The van der Waals surface area contributed by atoms with Gasteiger partial charge in [0.1, 0.15) is 17.6 Å². The van der Waals surface area contributed by atoms with Crippen LogP contribution in [0, 0.1) is 0 Å². The SMILES string of the molecule is CCCCOc1ccc([C@@H]2C(=C(O)c3ccc4c(c3)C[C@H](C)O4)C(=O)C(=O)N2CCN2CCOCC2)cc1OCC. The number of carbonyl (C=O) groups is 2. The molecule has 2 atom stereocenters. The Hall–Kier alpha value is -3.56. The van der Waals surface area contributed by atoms with Gasteiger partial charge in [-0.05, 0) is 61.7 Å². The van der Waals surface area contributed by atoms with Crippen LogP contribution in [0.25, 0.3) is 5.76 Å². The molecule has 0 spiro atoms. The number of morpholine rings is 1. The van der Waals surface area contributed by atoms with Gasteiger partial charge in [-0.2, -0.15) is 0 Å². The molecule has 5 rings (SSSR count). The van der Waals surface area contributed by atoms with Crippen molar-refractivity contribution in [1.82, 2.24) is 9.80 Å². The van der Waals surface area contributed by atoms with E-state index in [-0.39, 0.29) is 17.4 Å².